The lowest BCUT2D eigenvalue weighted by molar-refractivity contribution is -0.138. The number of alkyl halides is 3. The fourth-order valence-corrected chi connectivity index (χ4v) is 3.79. The first kappa shape index (κ1) is 21.1. The number of ether oxygens (including phenoxy) is 1. The molecule has 1 saturated carbocycles. The Hall–Kier alpha value is -3.11. The number of rotatable bonds is 4. The molecule has 0 saturated heterocycles. The number of nitrogens with one attached hydrogen (secondary N) is 1. The van der Waals surface area contributed by atoms with Crippen LogP contribution in [0.3, 0.4) is 0 Å². The smallest absolute Gasteiger partial charge is 0.418 e. The van der Waals surface area contributed by atoms with Gasteiger partial charge in [-0.1, -0.05) is 0 Å². The van der Waals surface area contributed by atoms with Gasteiger partial charge >= 0.3 is 6.18 Å². The third kappa shape index (κ3) is 3.96. The largest absolute Gasteiger partial charge is 0.489 e. The summed E-state index contributed by atoms with van der Waals surface area (Å²) in [5.41, 5.74) is 0.533. The molecule has 2 aromatic rings. The van der Waals surface area contributed by atoms with E-state index in [1.807, 2.05) is 25.8 Å². The average Bonchev–Trinajstić information content (AvgIpc) is 2.68. The van der Waals surface area contributed by atoms with Gasteiger partial charge in [0.1, 0.15) is 23.6 Å². The summed E-state index contributed by atoms with van der Waals surface area (Å²) in [6, 6.07) is 0.660. The standard InChI is InChI=1S/C20H23F3N6O2/c1-10-16-17(28(3)11(2)18(30)29(16)4)27-19(25-10)26-13-6-14(7-13)31-15-5-12(8-24-9-15)20(21,22)23/h5,8-9,11,13-14H,6-7H2,1-4H3,(H,25,26,27)/t11-,13-,14-/m0/s1. The molecule has 8 nitrogen and oxygen atoms in total. The van der Waals surface area contributed by atoms with Crippen molar-refractivity contribution in [2.75, 3.05) is 29.2 Å². The molecular weight excluding hydrogens is 413 g/mol. The summed E-state index contributed by atoms with van der Waals surface area (Å²) in [5.74, 6) is 1.20. The number of pyridine rings is 1. The van der Waals surface area contributed by atoms with Gasteiger partial charge in [-0.25, -0.2) is 4.98 Å². The summed E-state index contributed by atoms with van der Waals surface area (Å²) in [4.78, 5) is 28.5. The van der Waals surface area contributed by atoms with E-state index in [0.29, 0.717) is 36.0 Å². The van der Waals surface area contributed by atoms with Crippen LogP contribution in [-0.2, 0) is 11.0 Å². The second-order valence-corrected chi connectivity index (χ2v) is 7.95. The molecule has 0 radical (unpaired) electrons. The number of carbonyl (C=O) groups is 1. The number of hydrogen-bond donors (Lipinski definition) is 1. The van der Waals surface area contributed by atoms with Crippen molar-refractivity contribution in [3.8, 4) is 5.75 Å². The summed E-state index contributed by atoms with van der Waals surface area (Å²) in [6.45, 7) is 3.65. The second-order valence-electron chi connectivity index (χ2n) is 7.95. The number of aromatic nitrogens is 3. The molecule has 166 valence electrons. The van der Waals surface area contributed by atoms with Gasteiger partial charge < -0.3 is 19.9 Å². The second kappa shape index (κ2) is 7.54. The minimum Gasteiger partial charge on any atom is -0.489 e. The number of fused-ring (bicyclic) bond motifs is 1. The van der Waals surface area contributed by atoms with Gasteiger partial charge in [-0.15, -0.1) is 0 Å². The SMILES string of the molecule is Cc1nc(N[C@H]2C[C@H](Oc3cncc(C(F)(F)F)c3)C2)nc2c1N(C)C(=O)[C@H](C)N2C. The molecule has 1 aliphatic carbocycles. The Morgan fingerprint density at radius 2 is 1.90 bits per heavy atom. The minimum absolute atomic E-state index is 0.0227. The van der Waals surface area contributed by atoms with Crippen LogP contribution in [0.2, 0.25) is 0 Å². The van der Waals surface area contributed by atoms with Crippen LogP contribution >= 0.6 is 0 Å². The van der Waals surface area contributed by atoms with Crippen LogP contribution < -0.4 is 19.9 Å². The number of nitrogens with zero attached hydrogens (tertiary/aromatic N) is 5. The number of anilines is 3. The molecule has 1 amide bonds. The highest BCUT2D eigenvalue weighted by atomic mass is 19.4. The van der Waals surface area contributed by atoms with Crippen LogP contribution in [0, 0.1) is 6.92 Å². The average molecular weight is 436 g/mol. The van der Waals surface area contributed by atoms with Crippen LogP contribution in [0.5, 0.6) is 5.75 Å². The molecule has 0 bridgehead atoms. The zero-order chi connectivity index (χ0) is 22.5. The number of aryl methyl sites for hydroxylation is 1. The van der Waals surface area contributed by atoms with Crippen molar-refractivity contribution in [1.29, 1.82) is 0 Å². The molecule has 0 spiro atoms. The highest BCUT2D eigenvalue weighted by molar-refractivity contribution is 6.04. The fraction of sp³-hybridized carbons (Fsp3) is 0.500. The zero-order valence-corrected chi connectivity index (χ0v) is 17.6. The van der Waals surface area contributed by atoms with Crippen LogP contribution in [0.15, 0.2) is 18.5 Å². The molecule has 2 aliphatic rings. The van der Waals surface area contributed by atoms with Gasteiger partial charge in [-0.3, -0.25) is 9.78 Å². The molecule has 11 heteroatoms. The Bertz CT molecular complexity index is 1010. The van der Waals surface area contributed by atoms with E-state index >= 15 is 0 Å². The predicted octanol–water partition coefficient (Wildman–Crippen LogP) is 3.02. The van der Waals surface area contributed by atoms with Gasteiger partial charge in [0, 0.05) is 39.2 Å². The van der Waals surface area contributed by atoms with Crippen molar-refractivity contribution in [3.05, 3.63) is 29.7 Å². The summed E-state index contributed by atoms with van der Waals surface area (Å²) in [6.07, 6.45) is -1.42. The van der Waals surface area contributed by atoms with Crippen molar-refractivity contribution in [3.63, 3.8) is 0 Å². The lowest BCUT2D eigenvalue weighted by Gasteiger charge is -2.38. The van der Waals surface area contributed by atoms with Crippen molar-refractivity contribution in [1.82, 2.24) is 15.0 Å². The molecule has 31 heavy (non-hydrogen) atoms. The van der Waals surface area contributed by atoms with Gasteiger partial charge in [0.25, 0.3) is 0 Å². The normalized spacial score (nSPS) is 23.3. The molecule has 1 atom stereocenters. The molecule has 0 unspecified atom stereocenters. The van der Waals surface area contributed by atoms with Gasteiger partial charge in [0.2, 0.25) is 11.9 Å². The van der Waals surface area contributed by atoms with Gasteiger partial charge in [-0.05, 0) is 19.9 Å². The Morgan fingerprint density at radius 3 is 2.58 bits per heavy atom. The number of carbonyl (C=O) groups excluding carboxylic acids is 1. The minimum atomic E-state index is -4.46. The number of amides is 1. The van der Waals surface area contributed by atoms with Crippen LogP contribution in [0.4, 0.5) is 30.6 Å². The lowest BCUT2D eigenvalue weighted by Crippen LogP contribution is -2.50. The highest BCUT2D eigenvalue weighted by Gasteiger charge is 2.36. The van der Waals surface area contributed by atoms with Crippen molar-refractivity contribution >= 4 is 23.4 Å². The molecule has 1 N–H and O–H groups in total. The van der Waals surface area contributed by atoms with Gasteiger partial charge in [0.05, 0.1) is 17.5 Å². The maximum absolute atomic E-state index is 12.8. The van der Waals surface area contributed by atoms with Crippen molar-refractivity contribution < 1.29 is 22.7 Å². The monoisotopic (exact) mass is 436 g/mol. The number of hydrogen-bond acceptors (Lipinski definition) is 7. The van der Waals surface area contributed by atoms with Gasteiger partial charge in [0.15, 0.2) is 5.82 Å². The molecule has 1 fully saturated rings. The third-order valence-corrected chi connectivity index (χ3v) is 5.75. The Kier molecular flexibility index (Phi) is 5.14. The molecule has 4 rings (SSSR count). The first-order valence-electron chi connectivity index (χ1n) is 9.89. The summed E-state index contributed by atoms with van der Waals surface area (Å²) < 4.78 is 44.1. The molecular formula is C20H23F3N6O2. The van der Waals surface area contributed by atoms with E-state index in [9.17, 15) is 18.0 Å². The maximum Gasteiger partial charge on any atom is 0.418 e. The quantitative estimate of drug-likeness (QED) is 0.789. The van der Waals surface area contributed by atoms with Crippen molar-refractivity contribution in [2.45, 2.75) is 51.1 Å². The lowest BCUT2D eigenvalue weighted by atomic mass is 9.89. The third-order valence-electron chi connectivity index (χ3n) is 5.75. The van der Waals surface area contributed by atoms with Crippen LogP contribution in [0.25, 0.3) is 0 Å². The topological polar surface area (TPSA) is 83.5 Å². The summed E-state index contributed by atoms with van der Waals surface area (Å²) in [5, 5.41) is 3.25. The number of likely N-dealkylation sites (N-methyl/N-ethyl adjacent to an activating group) is 2. The predicted molar refractivity (Wildman–Crippen MR) is 108 cm³/mol. The fourth-order valence-electron chi connectivity index (χ4n) is 3.79. The first-order chi connectivity index (χ1) is 14.5. The number of halogens is 3. The molecule has 2 aromatic heterocycles. The Balaban J connectivity index is 1.40. The van der Waals surface area contributed by atoms with Crippen molar-refractivity contribution in [2.24, 2.45) is 0 Å². The molecule has 3 heterocycles. The molecule has 0 aromatic carbocycles. The van der Waals surface area contributed by atoms with E-state index in [-0.39, 0.29) is 29.8 Å². The highest BCUT2D eigenvalue weighted by Crippen LogP contribution is 2.37. The summed E-state index contributed by atoms with van der Waals surface area (Å²) >= 11 is 0. The Morgan fingerprint density at radius 1 is 1.19 bits per heavy atom. The maximum atomic E-state index is 12.8. The zero-order valence-electron chi connectivity index (χ0n) is 17.6. The van der Waals surface area contributed by atoms with E-state index in [4.69, 9.17) is 4.74 Å². The summed E-state index contributed by atoms with van der Waals surface area (Å²) in [7, 11) is 3.53. The first-order valence-corrected chi connectivity index (χ1v) is 9.89. The Labute approximate surface area is 177 Å². The van der Waals surface area contributed by atoms with E-state index in [0.717, 1.165) is 12.3 Å². The van der Waals surface area contributed by atoms with E-state index < -0.39 is 11.7 Å². The van der Waals surface area contributed by atoms with E-state index in [1.165, 1.54) is 6.20 Å². The van der Waals surface area contributed by atoms with Gasteiger partial charge in [-0.2, -0.15) is 18.2 Å². The van der Waals surface area contributed by atoms with Crippen LogP contribution in [-0.4, -0.2) is 53.1 Å². The van der Waals surface area contributed by atoms with E-state index in [2.05, 4.69) is 20.3 Å². The molecule has 1 aliphatic heterocycles. The van der Waals surface area contributed by atoms with E-state index in [1.54, 1.807) is 11.9 Å². The van der Waals surface area contributed by atoms with Crippen LogP contribution in [0.1, 0.15) is 31.0 Å².